The number of nitrogens with one attached hydrogen (secondary N) is 2. The largest absolute Gasteiger partial charge is 0.454 e. The average molecular weight is 264 g/mol. The summed E-state index contributed by atoms with van der Waals surface area (Å²) in [6, 6.07) is 4.91. The molecule has 0 radical (unpaired) electrons. The van der Waals surface area contributed by atoms with Crippen LogP contribution in [-0.2, 0) is 4.79 Å². The second-order valence-corrected chi connectivity index (χ2v) is 4.10. The van der Waals surface area contributed by atoms with E-state index < -0.39 is 0 Å². The molecule has 1 aromatic carbocycles. The molecule has 1 aromatic rings. The number of carbonyl (C=O) groups excluding carboxylic acids is 2. The molecule has 0 aromatic heterocycles. The first-order chi connectivity index (χ1) is 9.20. The van der Waals surface area contributed by atoms with Crippen LogP contribution < -0.4 is 20.1 Å². The van der Waals surface area contributed by atoms with E-state index in [4.69, 9.17) is 9.47 Å². The monoisotopic (exact) mass is 264 g/mol. The van der Waals surface area contributed by atoms with Crippen molar-refractivity contribution in [2.45, 2.75) is 13.3 Å². The summed E-state index contributed by atoms with van der Waals surface area (Å²) in [6.07, 6.45) is 0.863. The van der Waals surface area contributed by atoms with Crippen LogP contribution in [0.1, 0.15) is 23.7 Å². The molecule has 0 spiro atoms. The standard InChI is InChI=1S/C13H16N2O4/c1-2-5-14-12(16)7-15-13(17)9-3-4-10-11(6-9)19-8-18-10/h3-4,6H,2,5,7-8H2,1H3,(H,14,16)(H,15,17). The second kappa shape index (κ2) is 6.08. The molecular formula is C13H16N2O4. The topological polar surface area (TPSA) is 76.7 Å². The number of hydrogen-bond acceptors (Lipinski definition) is 4. The summed E-state index contributed by atoms with van der Waals surface area (Å²) in [7, 11) is 0. The number of rotatable bonds is 5. The number of amides is 2. The van der Waals surface area contributed by atoms with Gasteiger partial charge in [0, 0.05) is 12.1 Å². The van der Waals surface area contributed by atoms with Gasteiger partial charge in [0.15, 0.2) is 11.5 Å². The van der Waals surface area contributed by atoms with Crippen LogP contribution in [0.2, 0.25) is 0 Å². The summed E-state index contributed by atoms with van der Waals surface area (Å²) >= 11 is 0. The van der Waals surface area contributed by atoms with Crippen LogP contribution in [-0.4, -0.2) is 31.7 Å². The minimum Gasteiger partial charge on any atom is -0.454 e. The Morgan fingerprint density at radius 2 is 2.00 bits per heavy atom. The Labute approximate surface area is 111 Å². The molecule has 102 valence electrons. The molecule has 2 rings (SSSR count). The average Bonchev–Trinajstić information content (AvgIpc) is 2.89. The zero-order valence-corrected chi connectivity index (χ0v) is 10.7. The Bertz CT molecular complexity index is 488. The summed E-state index contributed by atoms with van der Waals surface area (Å²) in [4.78, 5) is 23.2. The minimum atomic E-state index is -0.315. The van der Waals surface area contributed by atoms with Crippen LogP contribution in [0.3, 0.4) is 0 Å². The van der Waals surface area contributed by atoms with Gasteiger partial charge in [-0.1, -0.05) is 6.92 Å². The first-order valence-electron chi connectivity index (χ1n) is 6.15. The molecule has 0 saturated heterocycles. The Morgan fingerprint density at radius 1 is 1.21 bits per heavy atom. The fourth-order valence-electron chi connectivity index (χ4n) is 1.63. The maximum atomic E-state index is 11.8. The number of benzene rings is 1. The molecule has 1 aliphatic rings. The molecular weight excluding hydrogens is 248 g/mol. The zero-order chi connectivity index (χ0) is 13.7. The molecule has 0 saturated carbocycles. The molecule has 0 bridgehead atoms. The van der Waals surface area contributed by atoms with E-state index in [9.17, 15) is 9.59 Å². The van der Waals surface area contributed by atoms with E-state index in [1.807, 2.05) is 6.92 Å². The molecule has 6 heteroatoms. The Kier molecular flexibility index (Phi) is 4.22. The zero-order valence-electron chi connectivity index (χ0n) is 10.7. The van der Waals surface area contributed by atoms with E-state index in [1.54, 1.807) is 18.2 Å². The normalized spacial score (nSPS) is 12.1. The number of ether oxygens (including phenoxy) is 2. The van der Waals surface area contributed by atoms with E-state index >= 15 is 0 Å². The maximum Gasteiger partial charge on any atom is 0.251 e. The van der Waals surface area contributed by atoms with E-state index in [1.165, 1.54) is 0 Å². The highest BCUT2D eigenvalue weighted by atomic mass is 16.7. The van der Waals surface area contributed by atoms with Crippen LogP contribution in [0.4, 0.5) is 0 Å². The Balaban J connectivity index is 1.88. The van der Waals surface area contributed by atoms with E-state index in [0.717, 1.165) is 6.42 Å². The first kappa shape index (κ1) is 13.2. The van der Waals surface area contributed by atoms with Crippen molar-refractivity contribution in [1.29, 1.82) is 0 Å². The highest BCUT2D eigenvalue weighted by Gasteiger charge is 2.16. The van der Waals surface area contributed by atoms with Crippen molar-refractivity contribution in [1.82, 2.24) is 10.6 Å². The molecule has 6 nitrogen and oxygen atoms in total. The predicted octanol–water partition coefficient (Wildman–Crippen LogP) is 0.671. The van der Waals surface area contributed by atoms with E-state index in [0.29, 0.717) is 23.6 Å². The van der Waals surface area contributed by atoms with Gasteiger partial charge in [0.05, 0.1) is 6.54 Å². The molecule has 0 fully saturated rings. The molecule has 0 atom stereocenters. The van der Waals surface area contributed by atoms with Crippen LogP contribution >= 0.6 is 0 Å². The Morgan fingerprint density at radius 3 is 2.79 bits per heavy atom. The van der Waals surface area contributed by atoms with Crippen molar-refractivity contribution < 1.29 is 19.1 Å². The van der Waals surface area contributed by atoms with Crippen molar-refractivity contribution in [3.05, 3.63) is 23.8 Å². The van der Waals surface area contributed by atoms with Gasteiger partial charge in [-0.15, -0.1) is 0 Å². The quantitative estimate of drug-likeness (QED) is 0.819. The van der Waals surface area contributed by atoms with Crippen molar-refractivity contribution in [2.75, 3.05) is 19.9 Å². The van der Waals surface area contributed by atoms with Crippen molar-refractivity contribution >= 4 is 11.8 Å². The molecule has 19 heavy (non-hydrogen) atoms. The van der Waals surface area contributed by atoms with Gasteiger partial charge in [-0.3, -0.25) is 9.59 Å². The van der Waals surface area contributed by atoms with Crippen molar-refractivity contribution in [3.8, 4) is 11.5 Å². The lowest BCUT2D eigenvalue weighted by atomic mass is 10.2. The summed E-state index contributed by atoms with van der Waals surface area (Å²) in [5, 5.41) is 5.23. The van der Waals surface area contributed by atoms with Gasteiger partial charge in [0.25, 0.3) is 5.91 Å². The highest BCUT2D eigenvalue weighted by Crippen LogP contribution is 2.32. The third kappa shape index (κ3) is 3.37. The van der Waals surface area contributed by atoms with Crippen LogP contribution in [0.15, 0.2) is 18.2 Å². The van der Waals surface area contributed by atoms with Crippen LogP contribution in [0, 0.1) is 0 Å². The highest BCUT2D eigenvalue weighted by molar-refractivity contribution is 5.97. The minimum absolute atomic E-state index is 0.0344. The van der Waals surface area contributed by atoms with Gasteiger partial charge in [-0.05, 0) is 24.6 Å². The van der Waals surface area contributed by atoms with Crippen molar-refractivity contribution in [3.63, 3.8) is 0 Å². The Hall–Kier alpha value is -2.24. The molecule has 0 aliphatic carbocycles. The van der Waals surface area contributed by atoms with Gasteiger partial charge in [0.2, 0.25) is 12.7 Å². The molecule has 2 N–H and O–H groups in total. The van der Waals surface area contributed by atoms with Crippen molar-refractivity contribution in [2.24, 2.45) is 0 Å². The lowest BCUT2D eigenvalue weighted by Gasteiger charge is -2.06. The number of fused-ring (bicyclic) bond motifs is 1. The molecule has 0 unspecified atom stereocenters. The molecule has 1 aliphatic heterocycles. The van der Waals surface area contributed by atoms with E-state index in [2.05, 4.69) is 10.6 Å². The van der Waals surface area contributed by atoms with Gasteiger partial charge in [-0.25, -0.2) is 0 Å². The maximum absolute atomic E-state index is 11.8. The fraction of sp³-hybridized carbons (Fsp3) is 0.385. The molecule has 1 heterocycles. The third-order valence-electron chi connectivity index (χ3n) is 2.62. The van der Waals surface area contributed by atoms with Gasteiger partial charge < -0.3 is 20.1 Å². The summed E-state index contributed by atoms with van der Waals surface area (Å²) in [6.45, 7) is 2.71. The smallest absolute Gasteiger partial charge is 0.251 e. The second-order valence-electron chi connectivity index (χ2n) is 4.10. The van der Waals surface area contributed by atoms with Gasteiger partial charge in [-0.2, -0.15) is 0 Å². The van der Waals surface area contributed by atoms with Gasteiger partial charge >= 0.3 is 0 Å². The summed E-state index contributed by atoms with van der Waals surface area (Å²) in [5.74, 6) is 0.654. The number of hydrogen-bond donors (Lipinski definition) is 2. The lowest BCUT2D eigenvalue weighted by molar-refractivity contribution is -0.120. The van der Waals surface area contributed by atoms with Gasteiger partial charge in [0.1, 0.15) is 0 Å². The van der Waals surface area contributed by atoms with Crippen LogP contribution in [0.25, 0.3) is 0 Å². The summed E-state index contributed by atoms with van der Waals surface area (Å²) < 4.78 is 10.3. The van der Waals surface area contributed by atoms with E-state index in [-0.39, 0.29) is 25.2 Å². The predicted molar refractivity (Wildman–Crippen MR) is 68.2 cm³/mol. The van der Waals surface area contributed by atoms with Crippen LogP contribution in [0.5, 0.6) is 11.5 Å². The lowest BCUT2D eigenvalue weighted by Crippen LogP contribution is -2.37. The first-order valence-corrected chi connectivity index (χ1v) is 6.15. The third-order valence-corrected chi connectivity index (χ3v) is 2.62. The molecule has 2 amide bonds. The summed E-state index contributed by atoms with van der Waals surface area (Å²) in [5.41, 5.74) is 0.438. The SMILES string of the molecule is CCCNC(=O)CNC(=O)c1ccc2c(c1)OCO2. The number of carbonyl (C=O) groups is 2. The fourth-order valence-corrected chi connectivity index (χ4v) is 1.63.